The van der Waals surface area contributed by atoms with Crippen LogP contribution in [-0.2, 0) is 9.53 Å². The number of ether oxygens (including phenoxy) is 1. The second-order valence-electron chi connectivity index (χ2n) is 4.76. The zero-order valence-corrected chi connectivity index (χ0v) is 11.9. The second kappa shape index (κ2) is 7.31. The van der Waals surface area contributed by atoms with E-state index in [9.17, 15) is 4.79 Å². The van der Waals surface area contributed by atoms with Gasteiger partial charge in [-0.3, -0.25) is 4.79 Å². The molecule has 0 aliphatic rings. The molecule has 21 heavy (non-hydrogen) atoms. The van der Waals surface area contributed by atoms with Gasteiger partial charge in [-0.1, -0.05) is 47.6 Å². The molecular formula is C16H17N3O2. The molecule has 1 atom stereocenters. The van der Waals surface area contributed by atoms with Crippen molar-refractivity contribution >= 4 is 16.7 Å². The Morgan fingerprint density at radius 1 is 1.29 bits per heavy atom. The van der Waals surface area contributed by atoms with Gasteiger partial charge < -0.3 is 4.74 Å². The molecule has 1 unspecified atom stereocenters. The van der Waals surface area contributed by atoms with E-state index in [1.54, 1.807) is 0 Å². The number of hydrogen-bond donors (Lipinski definition) is 0. The molecule has 0 fully saturated rings. The number of esters is 1. The minimum Gasteiger partial charge on any atom is -0.469 e. The van der Waals surface area contributed by atoms with E-state index >= 15 is 0 Å². The van der Waals surface area contributed by atoms with Gasteiger partial charge >= 0.3 is 5.97 Å². The first-order chi connectivity index (χ1) is 10.3. The van der Waals surface area contributed by atoms with E-state index in [1.165, 1.54) is 7.11 Å². The van der Waals surface area contributed by atoms with Gasteiger partial charge in [-0.15, -0.1) is 0 Å². The topological polar surface area (TPSA) is 75.1 Å². The van der Waals surface area contributed by atoms with E-state index in [4.69, 9.17) is 5.53 Å². The van der Waals surface area contributed by atoms with Gasteiger partial charge in [0.05, 0.1) is 13.2 Å². The molecule has 0 aliphatic carbocycles. The van der Waals surface area contributed by atoms with Crippen molar-refractivity contribution in [1.82, 2.24) is 0 Å². The van der Waals surface area contributed by atoms with Gasteiger partial charge in [-0.05, 0) is 34.7 Å². The van der Waals surface area contributed by atoms with Crippen LogP contribution >= 0.6 is 0 Å². The van der Waals surface area contributed by atoms with Gasteiger partial charge in [-0.25, -0.2) is 0 Å². The number of hydrogen-bond acceptors (Lipinski definition) is 3. The largest absolute Gasteiger partial charge is 0.469 e. The highest BCUT2D eigenvalue weighted by molar-refractivity contribution is 5.86. The standard InChI is InChI=1S/C16H17N3O2/c1-21-16(20)11-5-10-15(18-19-17)14-9-4-7-12-6-2-3-8-13(12)14/h2-4,6-9,15H,5,10-11H2,1H3. The monoisotopic (exact) mass is 283 g/mol. The summed E-state index contributed by atoms with van der Waals surface area (Å²) in [5.74, 6) is -0.243. The van der Waals surface area contributed by atoms with Crippen LogP contribution in [0.4, 0.5) is 0 Å². The normalized spacial score (nSPS) is 11.7. The fourth-order valence-corrected chi connectivity index (χ4v) is 2.42. The van der Waals surface area contributed by atoms with Crippen molar-refractivity contribution in [2.45, 2.75) is 25.3 Å². The smallest absolute Gasteiger partial charge is 0.305 e. The van der Waals surface area contributed by atoms with Crippen molar-refractivity contribution in [2.24, 2.45) is 5.11 Å². The molecule has 5 heteroatoms. The lowest BCUT2D eigenvalue weighted by Gasteiger charge is -2.14. The number of rotatable bonds is 6. The summed E-state index contributed by atoms with van der Waals surface area (Å²) in [5.41, 5.74) is 9.79. The van der Waals surface area contributed by atoms with Crippen molar-refractivity contribution in [3.05, 3.63) is 58.5 Å². The second-order valence-corrected chi connectivity index (χ2v) is 4.76. The van der Waals surface area contributed by atoms with Crippen LogP contribution in [0.2, 0.25) is 0 Å². The maximum atomic E-state index is 11.2. The van der Waals surface area contributed by atoms with Crippen LogP contribution in [0.1, 0.15) is 30.9 Å². The zero-order chi connectivity index (χ0) is 15.1. The van der Waals surface area contributed by atoms with Crippen molar-refractivity contribution in [2.75, 3.05) is 7.11 Å². The average molecular weight is 283 g/mol. The number of fused-ring (bicyclic) bond motifs is 1. The van der Waals surface area contributed by atoms with Gasteiger partial charge in [-0.2, -0.15) is 0 Å². The molecule has 0 saturated heterocycles. The average Bonchev–Trinajstić information content (AvgIpc) is 2.53. The number of azide groups is 1. The molecule has 0 radical (unpaired) electrons. The van der Waals surface area contributed by atoms with E-state index in [0.717, 1.165) is 16.3 Å². The lowest BCUT2D eigenvalue weighted by atomic mass is 9.96. The molecule has 0 spiro atoms. The first-order valence-corrected chi connectivity index (χ1v) is 6.85. The molecule has 2 aromatic carbocycles. The van der Waals surface area contributed by atoms with E-state index < -0.39 is 0 Å². The van der Waals surface area contributed by atoms with Gasteiger partial charge in [0.25, 0.3) is 0 Å². The van der Waals surface area contributed by atoms with Crippen LogP contribution in [0, 0.1) is 0 Å². The number of carbonyl (C=O) groups excluding carboxylic acids is 1. The first-order valence-electron chi connectivity index (χ1n) is 6.85. The maximum absolute atomic E-state index is 11.2. The minimum absolute atomic E-state index is 0.243. The van der Waals surface area contributed by atoms with Crippen LogP contribution < -0.4 is 0 Å². The van der Waals surface area contributed by atoms with Crippen molar-refractivity contribution in [3.63, 3.8) is 0 Å². The summed E-state index contributed by atoms with van der Waals surface area (Å²) < 4.78 is 4.63. The highest BCUT2D eigenvalue weighted by Gasteiger charge is 2.13. The molecule has 108 valence electrons. The van der Waals surface area contributed by atoms with Crippen LogP contribution in [-0.4, -0.2) is 13.1 Å². The van der Waals surface area contributed by atoms with Crippen molar-refractivity contribution in [1.29, 1.82) is 0 Å². The number of benzene rings is 2. The van der Waals surface area contributed by atoms with Crippen molar-refractivity contribution < 1.29 is 9.53 Å². The summed E-state index contributed by atoms with van der Waals surface area (Å²) in [4.78, 5) is 14.1. The molecule has 0 amide bonds. The third-order valence-corrected chi connectivity index (χ3v) is 3.46. The van der Waals surface area contributed by atoms with E-state index in [-0.39, 0.29) is 12.0 Å². The quantitative estimate of drug-likeness (QED) is 0.338. The van der Waals surface area contributed by atoms with Crippen LogP contribution in [0.5, 0.6) is 0 Å². The fraction of sp³-hybridized carbons (Fsp3) is 0.312. The van der Waals surface area contributed by atoms with E-state index in [1.807, 2.05) is 42.5 Å². The van der Waals surface area contributed by atoms with E-state index in [0.29, 0.717) is 19.3 Å². The molecule has 5 nitrogen and oxygen atoms in total. The Hall–Kier alpha value is -2.52. The lowest BCUT2D eigenvalue weighted by molar-refractivity contribution is -0.140. The molecule has 0 N–H and O–H groups in total. The Bertz CT molecular complexity index is 673. The Labute approximate surface area is 123 Å². The molecule has 2 aromatic rings. The number of carbonyl (C=O) groups is 1. The predicted octanol–water partition coefficient (Wildman–Crippen LogP) is 4.53. The minimum atomic E-state index is -0.272. The summed E-state index contributed by atoms with van der Waals surface area (Å²) in [6, 6.07) is 13.7. The van der Waals surface area contributed by atoms with E-state index in [2.05, 4.69) is 14.8 Å². The third kappa shape index (κ3) is 3.74. The number of methoxy groups -OCH3 is 1. The van der Waals surface area contributed by atoms with Crippen LogP contribution in [0.3, 0.4) is 0 Å². The Morgan fingerprint density at radius 2 is 2.05 bits per heavy atom. The fourth-order valence-electron chi connectivity index (χ4n) is 2.42. The summed E-state index contributed by atoms with van der Waals surface area (Å²) >= 11 is 0. The lowest BCUT2D eigenvalue weighted by Crippen LogP contribution is -2.02. The number of nitrogens with zero attached hydrogens (tertiary/aromatic N) is 3. The van der Waals surface area contributed by atoms with Gasteiger partial charge in [0.15, 0.2) is 0 Å². The molecule has 0 aromatic heterocycles. The molecule has 0 bridgehead atoms. The predicted molar refractivity (Wildman–Crippen MR) is 81.7 cm³/mol. The van der Waals surface area contributed by atoms with Gasteiger partial charge in [0, 0.05) is 11.3 Å². The molecular weight excluding hydrogens is 266 g/mol. The Kier molecular flexibility index (Phi) is 5.18. The highest BCUT2D eigenvalue weighted by atomic mass is 16.5. The molecule has 2 rings (SSSR count). The van der Waals surface area contributed by atoms with Crippen molar-refractivity contribution in [3.8, 4) is 0 Å². The summed E-state index contributed by atoms with van der Waals surface area (Å²) in [7, 11) is 1.37. The van der Waals surface area contributed by atoms with Gasteiger partial charge in [0.2, 0.25) is 0 Å². The molecule has 0 heterocycles. The van der Waals surface area contributed by atoms with Crippen LogP contribution in [0.25, 0.3) is 21.2 Å². The zero-order valence-electron chi connectivity index (χ0n) is 11.9. The summed E-state index contributed by atoms with van der Waals surface area (Å²) in [6.07, 6.45) is 1.57. The Morgan fingerprint density at radius 3 is 2.81 bits per heavy atom. The third-order valence-electron chi connectivity index (χ3n) is 3.46. The molecule has 0 aliphatic heterocycles. The first kappa shape index (κ1) is 14.9. The highest BCUT2D eigenvalue weighted by Crippen LogP contribution is 2.30. The maximum Gasteiger partial charge on any atom is 0.305 e. The summed E-state index contributed by atoms with van der Waals surface area (Å²) in [6.45, 7) is 0. The molecule has 0 saturated carbocycles. The Balaban J connectivity index is 2.24. The SMILES string of the molecule is COC(=O)CCCC(N=[N+]=[N-])c1cccc2ccccc12. The van der Waals surface area contributed by atoms with Gasteiger partial charge in [0.1, 0.15) is 0 Å². The van der Waals surface area contributed by atoms with Crippen LogP contribution in [0.15, 0.2) is 47.6 Å². The summed E-state index contributed by atoms with van der Waals surface area (Å²) in [5, 5.41) is 6.09.